The van der Waals surface area contributed by atoms with Crippen LogP contribution < -0.4 is 10.2 Å². The zero-order valence-electron chi connectivity index (χ0n) is 9.06. The predicted octanol–water partition coefficient (Wildman–Crippen LogP) is 0.187. The van der Waals surface area contributed by atoms with Crippen molar-refractivity contribution in [3.8, 4) is 0 Å². The van der Waals surface area contributed by atoms with Crippen LogP contribution in [0.25, 0.3) is 0 Å². The van der Waals surface area contributed by atoms with Crippen LogP contribution in [-0.2, 0) is 4.74 Å². The van der Waals surface area contributed by atoms with E-state index in [-0.39, 0.29) is 6.10 Å². The van der Waals surface area contributed by atoms with Crippen molar-refractivity contribution in [2.75, 3.05) is 38.2 Å². The van der Waals surface area contributed by atoms with Crippen LogP contribution in [0.15, 0.2) is 4.52 Å². The quantitative estimate of drug-likeness (QED) is 0.771. The highest BCUT2D eigenvalue weighted by Gasteiger charge is 2.22. The fraction of sp³-hybridized carbons (Fsp3) is 0.778. The molecule has 1 N–H and O–H groups in total. The molecule has 0 radical (unpaired) electrons. The average Bonchev–Trinajstić information content (AvgIpc) is 2.78. The van der Waals surface area contributed by atoms with E-state index in [1.165, 1.54) is 0 Å². The second-order valence-corrected chi connectivity index (χ2v) is 3.51. The Morgan fingerprint density at radius 2 is 2.47 bits per heavy atom. The van der Waals surface area contributed by atoms with E-state index in [0.29, 0.717) is 18.4 Å². The first kappa shape index (κ1) is 10.4. The molecule has 1 aliphatic heterocycles. The smallest absolute Gasteiger partial charge is 0.265 e. The van der Waals surface area contributed by atoms with E-state index in [2.05, 4.69) is 15.5 Å². The van der Waals surface area contributed by atoms with Gasteiger partial charge in [-0.05, 0) is 12.1 Å². The lowest BCUT2D eigenvalue weighted by molar-refractivity contribution is 0.00755. The van der Waals surface area contributed by atoms with Gasteiger partial charge in [-0.3, -0.25) is 0 Å². The molecule has 0 spiro atoms. The maximum absolute atomic E-state index is 5.51. The lowest BCUT2D eigenvalue weighted by atomic mass is 10.3. The minimum absolute atomic E-state index is 0.106. The molecule has 6 heteroatoms. The van der Waals surface area contributed by atoms with Gasteiger partial charge in [0.15, 0.2) is 0 Å². The van der Waals surface area contributed by atoms with Gasteiger partial charge in [0.2, 0.25) is 0 Å². The standard InChI is InChI=1S/C9H16N4O2/c1-3-13(2)9-11-8(15-12-9)7-6-10-4-5-14-7/h7,10H,3-6H2,1-2H3. The van der Waals surface area contributed by atoms with Crippen molar-refractivity contribution < 1.29 is 9.26 Å². The van der Waals surface area contributed by atoms with Gasteiger partial charge < -0.3 is 19.5 Å². The maximum Gasteiger partial charge on any atom is 0.265 e. The van der Waals surface area contributed by atoms with Gasteiger partial charge in [0.1, 0.15) is 6.10 Å². The second kappa shape index (κ2) is 4.59. The molecular weight excluding hydrogens is 196 g/mol. The SMILES string of the molecule is CCN(C)c1noc(C2CNCCO2)n1. The van der Waals surface area contributed by atoms with Crippen LogP contribution >= 0.6 is 0 Å². The van der Waals surface area contributed by atoms with Crippen molar-refractivity contribution in [2.24, 2.45) is 0 Å². The van der Waals surface area contributed by atoms with Crippen molar-refractivity contribution in [1.29, 1.82) is 0 Å². The number of hydrogen-bond donors (Lipinski definition) is 1. The zero-order valence-corrected chi connectivity index (χ0v) is 9.06. The highest BCUT2D eigenvalue weighted by Crippen LogP contribution is 2.18. The van der Waals surface area contributed by atoms with Crippen LogP contribution in [0.5, 0.6) is 0 Å². The minimum atomic E-state index is -0.106. The van der Waals surface area contributed by atoms with Crippen molar-refractivity contribution >= 4 is 5.95 Å². The molecule has 6 nitrogen and oxygen atoms in total. The number of nitrogens with one attached hydrogen (secondary N) is 1. The topological polar surface area (TPSA) is 63.4 Å². The number of hydrogen-bond acceptors (Lipinski definition) is 6. The molecule has 0 aliphatic carbocycles. The molecule has 15 heavy (non-hydrogen) atoms. The Morgan fingerprint density at radius 3 is 3.13 bits per heavy atom. The summed E-state index contributed by atoms with van der Waals surface area (Å²) >= 11 is 0. The molecule has 2 rings (SSSR count). The van der Waals surface area contributed by atoms with Gasteiger partial charge in [-0.2, -0.15) is 4.98 Å². The summed E-state index contributed by atoms with van der Waals surface area (Å²) in [5.74, 6) is 1.17. The molecule has 1 aromatic heterocycles. The Balaban J connectivity index is 2.05. The van der Waals surface area contributed by atoms with E-state index in [9.17, 15) is 0 Å². The summed E-state index contributed by atoms with van der Waals surface area (Å²) in [5, 5.41) is 7.11. The van der Waals surface area contributed by atoms with Crippen LogP contribution in [0.3, 0.4) is 0 Å². The fourth-order valence-electron chi connectivity index (χ4n) is 1.38. The summed E-state index contributed by atoms with van der Waals surface area (Å²) in [6, 6.07) is 0. The number of rotatable bonds is 3. The largest absolute Gasteiger partial charge is 0.366 e. The molecule has 84 valence electrons. The number of nitrogens with zero attached hydrogens (tertiary/aromatic N) is 3. The number of aromatic nitrogens is 2. The Hall–Kier alpha value is -1.14. The molecule has 0 saturated carbocycles. The van der Waals surface area contributed by atoms with Crippen LogP contribution in [0.1, 0.15) is 18.9 Å². The van der Waals surface area contributed by atoms with Gasteiger partial charge >= 0.3 is 0 Å². The third-order valence-electron chi connectivity index (χ3n) is 2.45. The summed E-state index contributed by atoms with van der Waals surface area (Å²) in [5.41, 5.74) is 0. The summed E-state index contributed by atoms with van der Waals surface area (Å²) in [7, 11) is 1.93. The van der Waals surface area contributed by atoms with E-state index in [4.69, 9.17) is 9.26 Å². The van der Waals surface area contributed by atoms with Gasteiger partial charge in [0.25, 0.3) is 11.8 Å². The third kappa shape index (κ3) is 2.27. The summed E-state index contributed by atoms with van der Waals surface area (Å²) in [6.07, 6.45) is -0.106. The van der Waals surface area contributed by atoms with Gasteiger partial charge in [0, 0.05) is 26.7 Å². The van der Waals surface area contributed by atoms with Crippen LogP contribution in [0, 0.1) is 0 Å². The number of ether oxygens (including phenoxy) is 1. The summed E-state index contributed by atoms with van der Waals surface area (Å²) in [6.45, 7) is 5.19. The Bertz CT molecular complexity index is 309. The first-order valence-electron chi connectivity index (χ1n) is 5.18. The molecule has 1 unspecified atom stereocenters. The monoisotopic (exact) mass is 212 g/mol. The molecule has 1 fully saturated rings. The second-order valence-electron chi connectivity index (χ2n) is 3.51. The van der Waals surface area contributed by atoms with Crippen LogP contribution in [0.2, 0.25) is 0 Å². The van der Waals surface area contributed by atoms with Crippen molar-refractivity contribution in [1.82, 2.24) is 15.5 Å². The highest BCUT2D eigenvalue weighted by atomic mass is 16.5. The number of morpholine rings is 1. The van der Waals surface area contributed by atoms with Gasteiger partial charge in [0.05, 0.1) is 6.61 Å². The van der Waals surface area contributed by atoms with E-state index >= 15 is 0 Å². The molecule has 1 aromatic rings. The van der Waals surface area contributed by atoms with Gasteiger partial charge in [-0.15, -0.1) is 0 Å². The molecule has 0 bridgehead atoms. The molecule has 1 aliphatic rings. The van der Waals surface area contributed by atoms with Crippen molar-refractivity contribution in [3.05, 3.63) is 5.89 Å². The van der Waals surface area contributed by atoms with Gasteiger partial charge in [-0.25, -0.2) is 0 Å². The van der Waals surface area contributed by atoms with Gasteiger partial charge in [-0.1, -0.05) is 0 Å². The molecule has 1 saturated heterocycles. The minimum Gasteiger partial charge on any atom is -0.366 e. The van der Waals surface area contributed by atoms with Crippen molar-refractivity contribution in [2.45, 2.75) is 13.0 Å². The van der Waals surface area contributed by atoms with Crippen LogP contribution in [-0.4, -0.2) is 43.4 Å². The Kier molecular flexibility index (Phi) is 3.17. The summed E-state index contributed by atoms with van der Waals surface area (Å²) < 4.78 is 10.7. The maximum atomic E-state index is 5.51. The molecule has 2 heterocycles. The van der Waals surface area contributed by atoms with E-state index < -0.39 is 0 Å². The lowest BCUT2D eigenvalue weighted by Crippen LogP contribution is -2.33. The molecule has 0 amide bonds. The van der Waals surface area contributed by atoms with E-state index in [1.54, 1.807) is 0 Å². The van der Waals surface area contributed by atoms with Crippen molar-refractivity contribution in [3.63, 3.8) is 0 Å². The third-order valence-corrected chi connectivity index (χ3v) is 2.45. The normalized spacial score (nSPS) is 21.6. The average molecular weight is 212 g/mol. The lowest BCUT2D eigenvalue weighted by Gasteiger charge is -2.20. The van der Waals surface area contributed by atoms with E-state index in [1.807, 2.05) is 18.9 Å². The van der Waals surface area contributed by atoms with Crippen LogP contribution in [0.4, 0.5) is 5.95 Å². The Labute approximate surface area is 88.6 Å². The first-order valence-corrected chi connectivity index (χ1v) is 5.18. The molecule has 1 atom stereocenters. The first-order chi connectivity index (χ1) is 7.31. The predicted molar refractivity (Wildman–Crippen MR) is 54.8 cm³/mol. The molecular formula is C9H16N4O2. The molecule has 0 aromatic carbocycles. The Morgan fingerprint density at radius 1 is 1.60 bits per heavy atom. The highest BCUT2D eigenvalue weighted by molar-refractivity contribution is 5.25. The van der Waals surface area contributed by atoms with E-state index in [0.717, 1.165) is 19.6 Å². The zero-order chi connectivity index (χ0) is 10.7. The summed E-state index contributed by atoms with van der Waals surface area (Å²) in [4.78, 5) is 6.21. The number of anilines is 1. The fourth-order valence-corrected chi connectivity index (χ4v) is 1.38.